The quantitative estimate of drug-likeness (QED) is 0.636. The van der Waals surface area contributed by atoms with Crippen LogP contribution in [0.25, 0.3) is 0 Å². The van der Waals surface area contributed by atoms with Crippen molar-refractivity contribution >= 4 is 6.41 Å². The van der Waals surface area contributed by atoms with E-state index < -0.39 is 12.2 Å². The van der Waals surface area contributed by atoms with E-state index in [0.717, 1.165) is 19.3 Å². The van der Waals surface area contributed by atoms with Gasteiger partial charge < -0.3 is 10.1 Å². The highest BCUT2D eigenvalue weighted by molar-refractivity contribution is 5.48. The van der Waals surface area contributed by atoms with Crippen molar-refractivity contribution in [2.24, 2.45) is 0 Å². The zero-order valence-electron chi connectivity index (χ0n) is 6.56. The molecule has 0 unspecified atom stereocenters. The molecule has 0 spiro atoms. The van der Waals surface area contributed by atoms with Crippen molar-refractivity contribution in [3.63, 3.8) is 0 Å². The zero-order chi connectivity index (χ0) is 9.03. The van der Waals surface area contributed by atoms with Crippen LogP contribution in [0.1, 0.15) is 19.3 Å². The number of carbonyl (C=O) groups is 1. The van der Waals surface area contributed by atoms with Crippen LogP contribution in [0.2, 0.25) is 0 Å². The van der Waals surface area contributed by atoms with Gasteiger partial charge in [0.25, 0.3) is 0 Å². The molecule has 0 aromatic rings. The molecule has 5 heteroatoms. The molecule has 0 aromatic heterocycles. The Labute approximate surface area is 69.1 Å². The first-order valence-electron chi connectivity index (χ1n) is 3.80. The topological polar surface area (TPSA) is 38.3 Å². The Morgan fingerprint density at radius 2 is 2.25 bits per heavy atom. The van der Waals surface area contributed by atoms with Crippen molar-refractivity contribution < 1.29 is 18.3 Å². The first-order chi connectivity index (χ1) is 5.68. The Balaban J connectivity index is 2.29. The number of carbonyl (C=O) groups excluding carboxylic acids is 1. The van der Waals surface area contributed by atoms with Crippen LogP contribution in [0.15, 0.2) is 0 Å². The molecule has 0 bridgehead atoms. The fraction of sp³-hybridized carbons (Fsp3) is 0.857. The van der Waals surface area contributed by atoms with Crippen LogP contribution in [0.3, 0.4) is 0 Å². The average molecular weight is 179 g/mol. The predicted molar refractivity (Wildman–Crippen MR) is 37.7 cm³/mol. The maximum atomic E-state index is 11.6. The van der Waals surface area contributed by atoms with Gasteiger partial charge in [-0.2, -0.15) is 8.78 Å². The minimum atomic E-state index is -2.75. The highest BCUT2D eigenvalue weighted by atomic mass is 19.3. The third-order valence-corrected chi connectivity index (χ3v) is 2.16. The van der Waals surface area contributed by atoms with Crippen molar-refractivity contribution in [3.8, 4) is 0 Å². The smallest absolute Gasteiger partial charge is 0.345 e. The number of hydrogen-bond acceptors (Lipinski definition) is 2. The second kappa shape index (κ2) is 3.80. The molecule has 1 aliphatic rings. The number of amides is 1. The van der Waals surface area contributed by atoms with E-state index in [4.69, 9.17) is 0 Å². The summed E-state index contributed by atoms with van der Waals surface area (Å²) in [5.41, 5.74) is -0.516. The lowest BCUT2D eigenvalue weighted by Gasteiger charge is -2.40. The maximum Gasteiger partial charge on any atom is 0.345 e. The molecule has 0 saturated heterocycles. The molecular formula is C7H11F2NO2. The van der Waals surface area contributed by atoms with Crippen molar-refractivity contribution in [2.75, 3.05) is 6.61 Å². The number of alkyl halides is 2. The molecule has 70 valence electrons. The fourth-order valence-corrected chi connectivity index (χ4v) is 1.28. The van der Waals surface area contributed by atoms with Crippen molar-refractivity contribution in [1.29, 1.82) is 0 Å². The van der Waals surface area contributed by atoms with E-state index in [-0.39, 0.29) is 6.61 Å². The number of ether oxygens (including phenoxy) is 1. The summed E-state index contributed by atoms with van der Waals surface area (Å²) in [6.45, 7) is -2.85. The fourth-order valence-electron chi connectivity index (χ4n) is 1.28. The van der Waals surface area contributed by atoms with Crippen LogP contribution in [0, 0.1) is 0 Å². The standard InChI is InChI=1S/C7H11F2NO2/c8-6(9)12-4-7(10-5-11)2-1-3-7/h5-6H,1-4H2,(H,10,11). The number of hydrogen-bond donors (Lipinski definition) is 1. The van der Waals surface area contributed by atoms with Gasteiger partial charge in [-0.15, -0.1) is 0 Å². The summed E-state index contributed by atoms with van der Waals surface area (Å²) in [6.07, 6.45) is 2.93. The van der Waals surface area contributed by atoms with E-state index in [1.54, 1.807) is 0 Å². The second-order valence-electron chi connectivity index (χ2n) is 2.97. The van der Waals surface area contributed by atoms with E-state index in [1.165, 1.54) is 0 Å². The van der Waals surface area contributed by atoms with Gasteiger partial charge >= 0.3 is 6.61 Å². The SMILES string of the molecule is O=CNC1(COC(F)F)CCC1. The van der Waals surface area contributed by atoms with Crippen LogP contribution >= 0.6 is 0 Å². The first kappa shape index (κ1) is 9.38. The van der Waals surface area contributed by atoms with Crippen molar-refractivity contribution in [2.45, 2.75) is 31.4 Å². The Morgan fingerprint density at radius 3 is 2.58 bits per heavy atom. The van der Waals surface area contributed by atoms with E-state index in [0.29, 0.717) is 6.41 Å². The number of halogens is 2. The molecular weight excluding hydrogens is 168 g/mol. The first-order valence-corrected chi connectivity index (χ1v) is 3.80. The number of nitrogens with one attached hydrogen (secondary N) is 1. The van der Waals surface area contributed by atoms with Gasteiger partial charge in [0.2, 0.25) is 6.41 Å². The molecule has 0 aliphatic heterocycles. The average Bonchev–Trinajstić information content (AvgIpc) is 1.94. The monoisotopic (exact) mass is 179 g/mol. The van der Waals surface area contributed by atoms with Crippen LogP contribution in [-0.4, -0.2) is 25.2 Å². The predicted octanol–water partition coefficient (Wildman–Crippen LogP) is 0.894. The van der Waals surface area contributed by atoms with E-state index in [1.807, 2.05) is 0 Å². The summed E-state index contributed by atoms with van der Waals surface area (Å²) in [5, 5.41) is 2.51. The normalized spacial score (nSPS) is 20.2. The van der Waals surface area contributed by atoms with Gasteiger partial charge in [0.15, 0.2) is 0 Å². The molecule has 0 radical (unpaired) electrons. The molecule has 12 heavy (non-hydrogen) atoms. The van der Waals surface area contributed by atoms with Gasteiger partial charge in [-0.3, -0.25) is 4.79 Å². The summed E-state index contributed by atoms with van der Waals surface area (Å²) in [7, 11) is 0. The second-order valence-corrected chi connectivity index (χ2v) is 2.97. The minimum Gasteiger partial charge on any atom is -0.351 e. The summed E-state index contributed by atoms with van der Waals surface area (Å²) < 4.78 is 27.4. The molecule has 1 aliphatic carbocycles. The maximum absolute atomic E-state index is 11.6. The third-order valence-electron chi connectivity index (χ3n) is 2.16. The molecule has 0 aromatic carbocycles. The molecule has 1 saturated carbocycles. The molecule has 0 heterocycles. The Kier molecular flexibility index (Phi) is 2.97. The molecule has 1 rings (SSSR count). The van der Waals surface area contributed by atoms with Gasteiger partial charge in [-0.25, -0.2) is 0 Å². The lowest BCUT2D eigenvalue weighted by Crippen LogP contribution is -2.54. The van der Waals surface area contributed by atoms with Crippen LogP contribution in [0.4, 0.5) is 8.78 Å². The lowest BCUT2D eigenvalue weighted by molar-refractivity contribution is -0.153. The Hall–Kier alpha value is -0.710. The summed E-state index contributed by atoms with van der Waals surface area (Å²) in [4.78, 5) is 10.1. The number of rotatable bonds is 5. The van der Waals surface area contributed by atoms with E-state index in [9.17, 15) is 13.6 Å². The minimum absolute atomic E-state index is 0.0938. The van der Waals surface area contributed by atoms with Crippen LogP contribution < -0.4 is 5.32 Å². The molecule has 0 atom stereocenters. The van der Waals surface area contributed by atoms with E-state index in [2.05, 4.69) is 10.1 Å². The van der Waals surface area contributed by atoms with Gasteiger partial charge in [-0.05, 0) is 19.3 Å². The highest BCUT2D eigenvalue weighted by Gasteiger charge is 2.37. The van der Waals surface area contributed by atoms with Crippen molar-refractivity contribution in [3.05, 3.63) is 0 Å². The third kappa shape index (κ3) is 2.14. The molecule has 1 amide bonds. The van der Waals surface area contributed by atoms with Crippen molar-refractivity contribution in [1.82, 2.24) is 5.32 Å². The molecule has 3 nitrogen and oxygen atoms in total. The molecule has 1 N–H and O–H groups in total. The zero-order valence-corrected chi connectivity index (χ0v) is 6.56. The summed E-state index contributed by atoms with van der Waals surface area (Å²) >= 11 is 0. The van der Waals surface area contributed by atoms with Crippen LogP contribution in [-0.2, 0) is 9.53 Å². The Bertz CT molecular complexity index is 159. The van der Waals surface area contributed by atoms with Gasteiger partial charge in [0, 0.05) is 0 Å². The van der Waals surface area contributed by atoms with Gasteiger partial charge in [0.1, 0.15) is 0 Å². The van der Waals surface area contributed by atoms with Crippen LogP contribution in [0.5, 0.6) is 0 Å². The highest BCUT2D eigenvalue weighted by Crippen LogP contribution is 2.31. The van der Waals surface area contributed by atoms with E-state index >= 15 is 0 Å². The van der Waals surface area contributed by atoms with Gasteiger partial charge in [-0.1, -0.05) is 0 Å². The summed E-state index contributed by atoms with van der Waals surface area (Å²) in [5.74, 6) is 0. The van der Waals surface area contributed by atoms with Gasteiger partial charge in [0.05, 0.1) is 12.1 Å². The molecule has 1 fully saturated rings. The summed E-state index contributed by atoms with van der Waals surface area (Å²) in [6, 6.07) is 0. The largest absolute Gasteiger partial charge is 0.351 e. The lowest BCUT2D eigenvalue weighted by atomic mass is 9.77. The Morgan fingerprint density at radius 1 is 1.58 bits per heavy atom.